The number of aromatic nitrogens is 2. The molecule has 0 amide bonds. The molecule has 1 aromatic carbocycles. The molecule has 0 unspecified atom stereocenters. The fraction of sp³-hybridized carbons (Fsp3) is 0.471. The van der Waals surface area contributed by atoms with Crippen molar-refractivity contribution in [2.75, 3.05) is 5.73 Å². The lowest BCUT2D eigenvalue weighted by Crippen LogP contribution is -2.11. The summed E-state index contributed by atoms with van der Waals surface area (Å²) in [4.78, 5) is 4.89. The van der Waals surface area contributed by atoms with E-state index in [9.17, 15) is 0 Å². The van der Waals surface area contributed by atoms with Gasteiger partial charge in [-0.25, -0.2) is 4.98 Å². The summed E-state index contributed by atoms with van der Waals surface area (Å²) in [6.07, 6.45) is 2.48. The van der Waals surface area contributed by atoms with Gasteiger partial charge in [-0.1, -0.05) is 41.9 Å². The van der Waals surface area contributed by atoms with Crippen LogP contribution in [0, 0.1) is 12.8 Å². The van der Waals surface area contributed by atoms with Gasteiger partial charge in [0.05, 0.1) is 0 Å². The zero-order valence-electron chi connectivity index (χ0n) is 12.9. The minimum Gasteiger partial charge on any atom is -0.383 e. The van der Waals surface area contributed by atoms with Crippen LogP contribution in [0.3, 0.4) is 0 Å². The molecule has 0 atom stereocenters. The van der Waals surface area contributed by atoms with Gasteiger partial charge in [0.2, 0.25) is 0 Å². The molecule has 4 heteroatoms. The Morgan fingerprint density at radius 1 is 1.38 bits per heavy atom. The van der Waals surface area contributed by atoms with E-state index < -0.39 is 0 Å². The summed E-state index contributed by atoms with van der Waals surface area (Å²) in [5.41, 5.74) is 9.67. The van der Waals surface area contributed by atoms with Crippen molar-refractivity contribution in [3.8, 4) is 11.3 Å². The summed E-state index contributed by atoms with van der Waals surface area (Å²) in [6, 6.07) is 6.33. The first-order valence-electron chi connectivity index (χ1n) is 7.59. The average Bonchev–Trinajstić information content (AvgIpc) is 3.18. The van der Waals surface area contributed by atoms with Gasteiger partial charge in [-0.2, -0.15) is 0 Å². The van der Waals surface area contributed by atoms with E-state index in [1.54, 1.807) is 0 Å². The molecule has 1 fully saturated rings. The summed E-state index contributed by atoms with van der Waals surface area (Å²) in [6.45, 7) is 7.47. The Labute approximate surface area is 134 Å². The van der Waals surface area contributed by atoms with E-state index in [-0.39, 0.29) is 0 Å². The van der Waals surface area contributed by atoms with Gasteiger partial charge in [0, 0.05) is 22.5 Å². The number of rotatable bonds is 4. The van der Waals surface area contributed by atoms with Crippen molar-refractivity contribution in [2.24, 2.45) is 5.92 Å². The van der Waals surface area contributed by atoms with Crippen molar-refractivity contribution < 1.29 is 0 Å². The molecular formula is C17H22BrN3. The van der Waals surface area contributed by atoms with Crippen LogP contribution in [-0.2, 0) is 6.54 Å². The Morgan fingerprint density at radius 3 is 2.67 bits per heavy atom. The topological polar surface area (TPSA) is 43.8 Å². The molecule has 2 N–H and O–H groups in total. The van der Waals surface area contributed by atoms with Gasteiger partial charge < -0.3 is 10.3 Å². The maximum Gasteiger partial charge on any atom is 0.131 e. The maximum atomic E-state index is 6.44. The quantitative estimate of drug-likeness (QED) is 0.868. The van der Waals surface area contributed by atoms with Crippen molar-refractivity contribution in [1.29, 1.82) is 0 Å². The van der Waals surface area contributed by atoms with Crippen LogP contribution >= 0.6 is 15.9 Å². The first kappa shape index (κ1) is 14.6. The molecule has 112 valence electrons. The molecule has 0 saturated heterocycles. The van der Waals surface area contributed by atoms with E-state index in [0.717, 1.165) is 28.1 Å². The second-order valence-electron chi connectivity index (χ2n) is 6.47. The third-order valence-electron chi connectivity index (χ3n) is 3.91. The molecule has 1 aromatic heterocycles. The van der Waals surface area contributed by atoms with Gasteiger partial charge in [0.25, 0.3) is 0 Å². The summed E-state index contributed by atoms with van der Waals surface area (Å²) < 4.78 is 3.29. The normalized spacial score (nSPS) is 14.9. The molecule has 0 bridgehead atoms. The predicted octanol–water partition coefficient (Wildman–Crippen LogP) is 4.74. The SMILES string of the molecule is Cc1ccc(-c2nc(C3CC3)n(CC(C)C)c2N)c(Br)c1. The molecule has 0 spiro atoms. The minimum atomic E-state index is 0.563. The highest BCUT2D eigenvalue weighted by atomic mass is 79.9. The number of hydrogen-bond acceptors (Lipinski definition) is 2. The fourth-order valence-electron chi connectivity index (χ4n) is 2.70. The zero-order valence-corrected chi connectivity index (χ0v) is 14.4. The lowest BCUT2D eigenvalue weighted by Gasteiger charge is -2.12. The molecule has 21 heavy (non-hydrogen) atoms. The lowest BCUT2D eigenvalue weighted by atomic mass is 10.1. The monoisotopic (exact) mass is 347 g/mol. The van der Waals surface area contributed by atoms with Crippen LogP contribution in [0.15, 0.2) is 22.7 Å². The van der Waals surface area contributed by atoms with Crippen molar-refractivity contribution in [3.63, 3.8) is 0 Å². The van der Waals surface area contributed by atoms with Gasteiger partial charge >= 0.3 is 0 Å². The highest BCUT2D eigenvalue weighted by Gasteiger charge is 2.31. The van der Waals surface area contributed by atoms with Crippen molar-refractivity contribution in [3.05, 3.63) is 34.1 Å². The lowest BCUT2D eigenvalue weighted by molar-refractivity contribution is 0.512. The van der Waals surface area contributed by atoms with E-state index in [4.69, 9.17) is 10.7 Å². The molecule has 1 aliphatic rings. The van der Waals surface area contributed by atoms with Gasteiger partial charge in [-0.05, 0) is 37.3 Å². The highest BCUT2D eigenvalue weighted by Crippen LogP contribution is 2.43. The van der Waals surface area contributed by atoms with Gasteiger partial charge in [-0.3, -0.25) is 0 Å². The first-order chi connectivity index (χ1) is 9.97. The number of benzene rings is 1. The van der Waals surface area contributed by atoms with Crippen LogP contribution in [0.25, 0.3) is 11.3 Å². The second-order valence-corrected chi connectivity index (χ2v) is 7.32. The van der Waals surface area contributed by atoms with Crippen LogP contribution in [0.2, 0.25) is 0 Å². The third kappa shape index (κ3) is 2.86. The van der Waals surface area contributed by atoms with Crippen LogP contribution < -0.4 is 5.73 Å². The largest absolute Gasteiger partial charge is 0.383 e. The molecule has 0 radical (unpaired) electrons. The van der Waals surface area contributed by atoms with E-state index in [1.807, 2.05) is 0 Å². The van der Waals surface area contributed by atoms with Crippen molar-refractivity contribution >= 4 is 21.7 Å². The molecule has 3 nitrogen and oxygen atoms in total. The predicted molar refractivity (Wildman–Crippen MR) is 91.3 cm³/mol. The van der Waals surface area contributed by atoms with Crippen LogP contribution in [-0.4, -0.2) is 9.55 Å². The molecule has 1 aliphatic carbocycles. The average molecular weight is 348 g/mol. The number of nitrogen functional groups attached to an aromatic ring is 1. The number of anilines is 1. The molecule has 3 rings (SSSR count). The third-order valence-corrected chi connectivity index (χ3v) is 4.56. The number of aryl methyl sites for hydroxylation is 1. The Morgan fingerprint density at radius 2 is 2.10 bits per heavy atom. The summed E-state index contributed by atoms with van der Waals surface area (Å²) in [7, 11) is 0. The van der Waals surface area contributed by atoms with Crippen LogP contribution in [0.1, 0.15) is 44.0 Å². The standard InChI is InChI=1S/C17H22BrN3/c1-10(2)9-21-16(19)15(20-17(21)12-5-6-12)13-7-4-11(3)8-14(13)18/h4,7-8,10,12H,5-6,9,19H2,1-3H3. The Balaban J connectivity index is 2.10. The number of imidazole rings is 1. The number of nitrogens with two attached hydrogens (primary N) is 1. The van der Waals surface area contributed by atoms with E-state index in [0.29, 0.717) is 11.8 Å². The second kappa shape index (κ2) is 5.48. The first-order valence-corrected chi connectivity index (χ1v) is 8.39. The van der Waals surface area contributed by atoms with E-state index in [1.165, 1.54) is 24.2 Å². The van der Waals surface area contributed by atoms with Crippen molar-refractivity contribution in [1.82, 2.24) is 9.55 Å². The summed E-state index contributed by atoms with van der Waals surface area (Å²) >= 11 is 3.65. The van der Waals surface area contributed by atoms with Gasteiger partial charge in [0.15, 0.2) is 0 Å². The molecule has 1 saturated carbocycles. The minimum absolute atomic E-state index is 0.563. The van der Waals surface area contributed by atoms with E-state index >= 15 is 0 Å². The van der Waals surface area contributed by atoms with Crippen LogP contribution in [0.5, 0.6) is 0 Å². The highest BCUT2D eigenvalue weighted by molar-refractivity contribution is 9.10. The van der Waals surface area contributed by atoms with Crippen LogP contribution in [0.4, 0.5) is 5.82 Å². The maximum absolute atomic E-state index is 6.44. The van der Waals surface area contributed by atoms with Gasteiger partial charge in [-0.15, -0.1) is 0 Å². The Kier molecular flexibility index (Phi) is 3.82. The smallest absolute Gasteiger partial charge is 0.131 e. The number of nitrogens with zero attached hydrogens (tertiary/aromatic N) is 2. The fourth-order valence-corrected chi connectivity index (χ4v) is 3.39. The summed E-state index contributed by atoms with van der Waals surface area (Å²) in [5.74, 6) is 3.14. The molecule has 2 aromatic rings. The van der Waals surface area contributed by atoms with Gasteiger partial charge in [0.1, 0.15) is 17.3 Å². The molecule has 0 aliphatic heterocycles. The zero-order chi connectivity index (χ0) is 15.1. The number of halogens is 1. The molecule has 1 heterocycles. The Bertz CT molecular complexity index is 669. The van der Waals surface area contributed by atoms with Crippen molar-refractivity contribution in [2.45, 2.75) is 46.1 Å². The Hall–Kier alpha value is -1.29. The molecular weight excluding hydrogens is 326 g/mol. The van der Waals surface area contributed by atoms with E-state index in [2.05, 4.69) is 59.5 Å². The number of hydrogen-bond donors (Lipinski definition) is 1. The summed E-state index contributed by atoms with van der Waals surface area (Å²) in [5, 5.41) is 0.